The number of carboxylic acid groups (broad SMARTS) is 1. The van der Waals surface area contributed by atoms with Crippen LogP contribution in [-0.4, -0.2) is 45.4 Å². The Labute approximate surface area is 138 Å². The van der Waals surface area contributed by atoms with Crippen molar-refractivity contribution >= 4 is 29.4 Å². The first-order valence-electron chi connectivity index (χ1n) is 6.93. The van der Waals surface area contributed by atoms with Crippen LogP contribution in [0.1, 0.15) is 12.0 Å². The van der Waals surface area contributed by atoms with Gasteiger partial charge in [0.25, 0.3) is 0 Å². The zero-order chi connectivity index (χ0) is 17.0. The summed E-state index contributed by atoms with van der Waals surface area (Å²) >= 11 is 5.86. The van der Waals surface area contributed by atoms with E-state index in [4.69, 9.17) is 16.7 Å². The van der Waals surface area contributed by atoms with Crippen LogP contribution in [0.25, 0.3) is 5.69 Å². The summed E-state index contributed by atoms with van der Waals surface area (Å²) in [5, 5.41) is 16.3. The summed E-state index contributed by atoms with van der Waals surface area (Å²) in [5.74, 6) is -0.528. The smallest absolute Gasteiger partial charge is 0.322 e. The lowest BCUT2D eigenvalue weighted by Gasteiger charge is -2.16. The van der Waals surface area contributed by atoms with Crippen LogP contribution in [0.5, 0.6) is 0 Å². The van der Waals surface area contributed by atoms with Crippen LogP contribution in [0.15, 0.2) is 30.5 Å². The summed E-state index contributed by atoms with van der Waals surface area (Å²) in [6, 6.07) is 6.74. The SMILES string of the molecule is Cc1cn(-c2ccc(Cl)cc2)nc1NC(=O)N(C)CCC(=O)O. The van der Waals surface area contributed by atoms with Crippen LogP contribution in [-0.2, 0) is 4.79 Å². The van der Waals surface area contributed by atoms with Crippen molar-refractivity contribution in [3.05, 3.63) is 41.0 Å². The number of aliphatic carboxylic acids is 1. The molecule has 8 heteroatoms. The number of carbonyl (C=O) groups is 2. The van der Waals surface area contributed by atoms with Gasteiger partial charge in [0.1, 0.15) is 0 Å². The van der Waals surface area contributed by atoms with E-state index < -0.39 is 12.0 Å². The maximum absolute atomic E-state index is 12.0. The molecule has 0 bridgehead atoms. The van der Waals surface area contributed by atoms with Crippen LogP contribution in [0.3, 0.4) is 0 Å². The molecule has 0 saturated carbocycles. The van der Waals surface area contributed by atoms with Gasteiger partial charge in [-0.25, -0.2) is 9.48 Å². The molecule has 7 nitrogen and oxygen atoms in total. The minimum atomic E-state index is -0.951. The van der Waals surface area contributed by atoms with E-state index in [2.05, 4.69) is 10.4 Å². The number of carboxylic acids is 1. The number of urea groups is 1. The molecule has 23 heavy (non-hydrogen) atoms. The summed E-state index contributed by atoms with van der Waals surface area (Å²) in [4.78, 5) is 23.9. The molecule has 0 fully saturated rings. The molecule has 0 saturated heterocycles. The number of amides is 2. The number of nitrogens with zero attached hydrogens (tertiary/aromatic N) is 3. The average Bonchev–Trinajstić information content (AvgIpc) is 2.86. The molecule has 0 aliphatic carbocycles. The number of carbonyl (C=O) groups excluding carboxylic acids is 1. The van der Waals surface area contributed by atoms with Crippen molar-refractivity contribution in [2.45, 2.75) is 13.3 Å². The second-order valence-electron chi connectivity index (χ2n) is 5.08. The van der Waals surface area contributed by atoms with Crippen molar-refractivity contribution in [2.24, 2.45) is 0 Å². The van der Waals surface area contributed by atoms with Crippen LogP contribution < -0.4 is 5.32 Å². The van der Waals surface area contributed by atoms with Gasteiger partial charge < -0.3 is 10.0 Å². The van der Waals surface area contributed by atoms with Crippen molar-refractivity contribution in [1.82, 2.24) is 14.7 Å². The lowest BCUT2D eigenvalue weighted by molar-refractivity contribution is -0.137. The molecule has 122 valence electrons. The molecule has 1 aromatic heterocycles. The van der Waals surface area contributed by atoms with Gasteiger partial charge in [-0.05, 0) is 31.2 Å². The Balaban J connectivity index is 2.07. The van der Waals surface area contributed by atoms with E-state index >= 15 is 0 Å². The quantitative estimate of drug-likeness (QED) is 0.878. The molecule has 0 atom stereocenters. The highest BCUT2D eigenvalue weighted by Gasteiger charge is 2.14. The third kappa shape index (κ3) is 4.46. The van der Waals surface area contributed by atoms with E-state index in [1.54, 1.807) is 23.0 Å². The largest absolute Gasteiger partial charge is 0.481 e. The second kappa shape index (κ2) is 7.15. The highest BCUT2D eigenvalue weighted by atomic mass is 35.5. The molecule has 0 aliphatic rings. The van der Waals surface area contributed by atoms with Crippen LogP contribution in [0.2, 0.25) is 5.02 Å². The van der Waals surface area contributed by atoms with Gasteiger partial charge in [-0.15, -0.1) is 5.10 Å². The third-order valence-corrected chi connectivity index (χ3v) is 3.47. The van der Waals surface area contributed by atoms with Crippen molar-refractivity contribution in [3.63, 3.8) is 0 Å². The number of aryl methyl sites for hydroxylation is 1. The number of nitrogens with one attached hydrogen (secondary N) is 1. The molecule has 2 aromatic rings. The van der Waals surface area contributed by atoms with E-state index in [-0.39, 0.29) is 13.0 Å². The molecular formula is C15H17ClN4O3. The monoisotopic (exact) mass is 336 g/mol. The Bertz CT molecular complexity index is 712. The Hall–Kier alpha value is -2.54. The van der Waals surface area contributed by atoms with Crippen molar-refractivity contribution in [1.29, 1.82) is 0 Å². The van der Waals surface area contributed by atoms with Crippen molar-refractivity contribution in [3.8, 4) is 5.69 Å². The lowest BCUT2D eigenvalue weighted by Crippen LogP contribution is -2.33. The molecule has 0 spiro atoms. The summed E-state index contributed by atoms with van der Waals surface area (Å²) in [6.07, 6.45) is 1.68. The third-order valence-electron chi connectivity index (χ3n) is 3.22. The number of benzene rings is 1. The lowest BCUT2D eigenvalue weighted by atomic mass is 10.3. The molecule has 0 aliphatic heterocycles. The summed E-state index contributed by atoms with van der Waals surface area (Å²) < 4.78 is 1.64. The Kier molecular flexibility index (Phi) is 5.23. The molecule has 0 radical (unpaired) electrons. The Morgan fingerprint density at radius 1 is 1.35 bits per heavy atom. The van der Waals surface area contributed by atoms with Crippen molar-refractivity contribution in [2.75, 3.05) is 18.9 Å². The number of hydrogen-bond donors (Lipinski definition) is 2. The first kappa shape index (κ1) is 16.8. The first-order valence-corrected chi connectivity index (χ1v) is 7.30. The normalized spacial score (nSPS) is 10.4. The Morgan fingerprint density at radius 3 is 2.61 bits per heavy atom. The molecule has 1 heterocycles. The number of aromatic nitrogens is 2. The molecule has 2 rings (SSSR count). The van der Waals surface area contributed by atoms with Gasteiger partial charge >= 0.3 is 12.0 Å². The fourth-order valence-electron chi connectivity index (χ4n) is 1.87. The Morgan fingerprint density at radius 2 is 2.00 bits per heavy atom. The topological polar surface area (TPSA) is 87.5 Å². The predicted molar refractivity (Wildman–Crippen MR) is 87.2 cm³/mol. The zero-order valence-electron chi connectivity index (χ0n) is 12.8. The fourth-order valence-corrected chi connectivity index (χ4v) is 2.00. The first-order chi connectivity index (χ1) is 10.9. The minimum absolute atomic E-state index is 0.109. The second-order valence-corrected chi connectivity index (χ2v) is 5.51. The van der Waals surface area contributed by atoms with E-state index in [1.807, 2.05) is 19.1 Å². The standard InChI is InChI=1S/C15H17ClN4O3/c1-10-9-20(12-5-3-11(16)4-6-12)18-14(10)17-15(23)19(2)8-7-13(21)22/h3-6,9H,7-8H2,1-2H3,(H,21,22)(H,17,18,23). The van der Waals surface area contributed by atoms with Crippen molar-refractivity contribution < 1.29 is 14.7 Å². The minimum Gasteiger partial charge on any atom is -0.481 e. The van der Waals surface area contributed by atoms with Gasteiger partial charge in [-0.3, -0.25) is 10.1 Å². The molecule has 1 aromatic carbocycles. The fraction of sp³-hybridized carbons (Fsp3) is 0.267. The summed E-state index contributed by atoms with van der Waals surface area (Å²) in [6.45, 7) is 1.95. The number of halogens is 1. The molecule has 2 amide bonds. The van der Waals surface area contributed by atoms with Gasteiger partial charge in [-0.1, -0.05) is 11.6 Å². The molecule has 0 unspecified atom stereocenters. The summed E-state index contributed by atoms with van der Waals surface area (Å²) in [7, 11) is 1.53. The summed E-state index contributed by atoms with van der Waals surface area (Å²) in [5.41, 5.74) is 1.61. The average molecular weight is 337 g/mol. The van der Waals surface area contributed by atoms with Gasteiger partial charge in [0.05, 0.1) is 12.1 Å². The van der Waals surface area contributed by atoms with Gasteiger partial charge in [0.15, 0.2) is 5.82 Å². The van der Waals surface area contributed by atoms with Gasteiger partial charge in [0.2, 0.25) is 0 Å². The highest BCUT2D eigenvalue weighted by Crippen LogP contribution is 2.18. The highest BCUT2D eigenvalue weighted by molar-refractivity contribution is 6.30. The number of anilines is 1. The number of hydrogen-bond acceptors (Lipinski definition) is 3. The van der Waals surface area contributed by atoms with Crippen LogP contribution in [0.4, 0.5) is 10.6 Å². The van der Waals surface area contributed by atoms with E-state index in [1.165, 1.54) is 11.9 Å². The maximum atomic E-state index is 12.0. The van der Waals surface area contributed by atoms with Crippen LogP contribution in [0, 0.1) is 6.92 Å². The van der Waals surface area contributed by atoms with Crippen LogP contribution >= 0.6 is 11.6 Å². The van der Waals surface area contributed by atoms with E-state index in [0.29, 0.717) is 10.8 Å². The number of rotatable bonds is 5. The van der Waals surface area contributed by atoms with E-state index in [9.17, 15) is 9.59 Å². The zero-order valence-corrected chi connectivity index (χ0v) is 13.5. The molecule has 2 N–H and O–H groups in total. The predicted octanol–water partition coefficient (Wildman–Crippen LogP) is 2.77. The van der Waals surface area contributed by atoms with Gasteiger partial charge in [-0.2, -0.15) is 0 Å². The van der Waals surface area contributed by atoms with Gasteiger partial charge in [0, 0.05) is 30.4 Å². The molecular weight excluding hydrogens is 320 g/mol. The van der Waals surface area contributed by atoms with E-state index in [0.717, 1.165) is 11.3 Å². The maximum Gasteiger partial charge on any atom is 0.322 e.